The predicted octanol–water partition coefficient (Wildman–Crippen LogP) is 0.955. The largest absolute Gasteiger partial charge is 0.389 e. The highest BCUT2D eigenvalue weighted by Crippen LogP contribution is 1.99. The summed E-state index contributed by atoms with van der Waals surface area (Å²) in [7, 11) is -4.94. The summed E-state index contributed by atoms with van der Waals surface area (Å²) < 4.78 is 21.9. The van der Waals surface area contributed by atoms with Gasteiger partial charge < -0.3 is 8.92 Å². The highest BCUT2D eigenvalue weighted by atomic mass is 29.6. The molecular weight excluding hydrogens is 164 g/mol. The van der Waals surface area contributed by atoms with E-state index in [-0.39, 0.29) is 0 Å². The Labute approximate surface area is 59.2 Å². The molecule has 0 aromatic heterocycles. The molecule has 0 aromatic rings. The number of rotatable bonds is 2. The van der Waals surface area contributed by atoms with E-state index < -0.39 is 23.5 Å². The Morgan fingerprint density at radius 3 is 1.44 bits per heavy atom. The molecule has 0 aliphatic carbocycles. The van der Waals surface area contributed by atoms with Crippen LogP contribution in [0.2, 0.25) is 26.2 Å². The van der Waals surface area contributed by atoms with Gasteiger partial charge in [-0.2, -0.15) is 0 Å². The zero-order valence-electron chi connectivity index (χ0n) is 6.32. The lowest BCUT2D eigenvalue weighted by atomic mass is 11.8. The molecule has 0 spiro atoms. The first-order valence-corrected chi connectivity index (χ1v) is 11.7. The van der Waals surface area contributed by atoms with Gasteiger partial charge in [0.15, 0.2) is 0 Å². The minimum absolute atomic E-state index is 1.54. The average molecular weight is 176 g/mol. The SMILES string of the molecule is C[Si](=O)[Si](=O)[Si](C)(C)C. The van der Waals surface area contributed by atoms with E-state index in [0.29, 0.717) is 0 Å². The van der Waals surface area contributed by atoms with Crippen LogP contribution in [0.4, 0.5) is 0 Å². The minimum atomic E-state index is -1.71. The van der Waals surface area contributed by atoms with E-state index in [9.17, 15) is 8.92 Å². The van der Waals surface area contributed by atoms with Gasteiger partial charge in [-0.1, -0.05) is 19.6 Å². The third-order valence-electron chi connectivity index (χ3n) is 1.00. The number of hydrogen-bond donors (Lipinski definition) is 0. The second-order valence-electron chi connectivity index (χ2n) is 3.14. The highest BCUT2D eigenvalue weighted by molar-refractivity contribution is 7.46. The standard InChI is InChI=1S/C4H12O2Si3/c1-7(5)8(6)9(2,3)4/h1-4H3. The van der Waals surface area contributed by atoms with Crippen molar-refractivity contribution in [1.82, 2.24) is 0 Å². The summed E-state index contributed by atoms with van der Waals surface area (Å²) >= 11 is 0. The maximum Gasteiger partial charge on any atom is 0.318 e. The van der Waals surface area contributed by atoms with Crippen LogP contribution in [0.25, 0.3) is 0 Å². The van der Waals surface area contributed by atoms with Gasteiger partial charge in [0.1, 0.15) is 7.59 Å². The van der Waals surface area contributed by atoms with Crippen molar-refractivity contribution in [3.8, 4) is 0 Å². The fourth-order valence-corrected chi connectivity index (χ4v) is 14.3. The zero-order chi connectivity index (χ0) is 7.65. The first-order valence-electron chi connectivity index (χ1n) is 2.91. The second kappa shape index (κ2) is 2.89. The smallest absolute Gasteiger partial charge is 0.318 e. The van der Waals surface area contributed by atoms with Gasteiger partial charge in [-0.25, -0.2) is 0 Å². The molecule has 0 aliphatic rings. The average Bonchev–Trinajstić information content (AvgIpc) is 1.62. The van der Waals surface area contributed by atoms with Gasteiger partial charge >= 0.3 is 15.9 Å². The first-order chi connectivity index (χ1) is 3.85. The van der Waals surface area contributed by atoms with Crippen molar-refractivity contribution in [1.29, 1.82) is 0 Å². The van der Waals surface area contributed by atoms with E-state index in [1.165, 1.54) is 0 Å². The molecule has 0 aromatic carbocycles. The Bertz CT molecular complexity index is 146. The van der Waals surface area contributed by atoms with E-state index in [0.717, 1.165) is 0 Å². The molecule has 0 N–H and O–H groups in total. The van der Waals surface area contributed by atoms with Crippen LogP contribution >= 0.6 is 0 Å². The van der Waals surface area contributed by atoms with Gasteiger partial charge in [0.2, 0.25) is 0 Å². The van der Waals surface area contributed by atoms with Crippen LogP contribution in [0.5, 0.6) is 0 Å². The molecule has 0 amide bonds. The Balaban J connectivity index is 4.23. The van der Waals surface area contributed by atoms with Crippen molar-refractivity contribution < 1.29 is 8.92 Å². The van der Waals surface area contributed by atoms with E-state index in [2.05, 4.69) is 0 Å². The van der Waals surface area contributed by atoms with E-state index in [1.807, 2.05) is 19.6 Å². The predicted molar refractivity (Wildman–Crippen MR) is 42.1 cm³/mol. The lowest BCUT2D eigenvalue weighted by Gasteiger charge is -2.07. The maximum atomic E-state index is 11.1. The summed E-state index contributed by atoms with van der Waals surface area (Å²) in [5, 5.41) is 0. The molecule has 2 nitrogen and oxygen atoms in total. The molecule has 0 atom stereocenters. The first kappa shape index (κ1) is 9.25. The molecule has 0 bridgehead atoms. The van der Waals surface area contributed by atoms with Gasteiger partial charge in [-0.05, 0) is 6.55 Å². The Morgan fingerprint density at radius 2 is 1.44 bits per heavy atom. The Hall–Kier alpha value is 0.251. The van der Waals surface area contributed by atoms with Gasteiger partial charge in [-0.3, -0.25) is 0 Å². The third kappa shape index (κ3) is 3.07. The molecule has 52 valence electrons. The fourth-order valence-electron chi connectivity index (χ4n) is 0.528. The molecule has 9 heavy (non-hydrogen) atoms. The highest BCUT2D eigenvalue weighted by Gasteiger charge is 2.31. The normalized spacial score (nSPS) is 11.1. The summed E-state index contributed by atoms with van der Waals surface area (Å²) in [6.45, 7) is 7.60. The summed E-state index contributed by atoms with van der Waals surface area (Å²) in [6, 6.07) is 0. The summed E-state index contributed by atoms with van der Waals surface area (Å²) in [6.07, 6.45) is 0. The van der Waals surface area contributed by atoms with Crippen molar-refractivity contribution in [2.75, 3.05) is 0 Å². The summed E-state index contributed by atoms with van der Waals surface area (Å²) in [5.41, 5.74) is 0. The summed E-state index contributed by atoms with van der Waals surface area (Å²) in [4.78, 5) is 0. The molecule has 0 aliphatic heterocycles. The van der Waals surface area contributed by atoms with Gasteiger partial charge in [-0.15, -0.1) is 0 Å². The zero-order valence-corrected chi connectivity index (χ0v) is 9.32. The lowest BCUT2D eigenvalue weighted by Crippen LogP contribution is -2.41. The fraction of sp³-hybridized carbons (Fsp3) is 1.00. The molecule has 0 heterocycles. The summed E-state index contributed by atoms with van der Waals surface area (Å²) in [5.74, 6) is 0. The van der Waals surface area contributed by atoms with Crippen LogP contribution in [0.15, 0.2) is 0 Å². The second-order valence-corrected chi connectivity index (χ2v) is 20.2. The Morgan fingerprint density at radius 1 is 1.11 bits per heavy atom. The van der Waals surface area contributed by atoms with Crippen LogP contribution in [0, 0.1) is 0 Å². The number of hydrogen-bond acceptors (Lipinski definition) is 2. The quantitative estimate of drug-likeness (QED) is 0.587. The Kier molecular flexibility index (Phi) is 2.97. The lowest BCUT2D eigenvalue weighted by molar-refractivity contribution is 0.555. The minimum Gasteiger partial charge on any atom is -0.389 e. The van der Waals surface area contributed by atoms with E-state index in [4.69, 9.17) is 0 Å². The van der Waals surface area contributed by atoms with Crippen molar-refractivity contribution in [2.24, 2.45) is 0 Å². The van der Waals surface area contributed by atoms with Crippen LogP contribution in [0.3, 0.4) is 0 Å². The molecular formula is C4H12O2Si3. The molecule has 0 fully saturated rings. The van der Waals surface area contributed by atoms with Crippen LogP contribution in [0.1, 0.15) is 0 Å². The monoisotopic (exact) mass is 176 g/mol. The van der Waals surface area contributed by atoms with Gasteiger partial charge in [0, 0.05) is 0 Å². The van der Waals surface area contributed by atoms with Crippen molar-refractivity contribution in [3.05, 3.63) is 0 Å². The van der Waals surface area contributed by atoms with Crippen molar-refractivity contribution in [2.45, 2.75) is 26.2 Å². The molecule has 0 radical (unpaired) electrons. The molecule has 0 rings (SSSR count). The van der Waals surface area contributed by atoms with E-state index in [1.54, 1.807) is 6.55 Å². The van der Waals surface area contributed by atoms with Crippen LogP contribution in [-0.4, -0.2) is 23.5 Å². The molecule has 5 heteroatoms. The van der Waals surface area contributed by atoms with Crippen molar-refractivity contribution in [3.63, 3.8) is 0 Å². The maximum absolute atomic E-state index is 11.1. The van der Waals surface area contributed by atoms with Crippen LogP contribution in [-0.2, 0) is 8.92 Å². The van der Waals surface area contributed by atoms with Crippen LogP contribution < -0.4 is 0 Å². The van der Waals surface area contributed by atoms with Gasteiger partial charge in [0.25, 0.3) is 0 Å². The molecule has 0 saturated heterocycles. The third-order valence-corrected chi connectivity index (χ3v) is 18.9. The topological polar surface area (TPSA) is 34.1 Å². The molecule has 0 unspecified atom stereocenters. The molecule has 0 saturated carbocycles. The van der Waals surface area contributed by atoms with Gasteiger partial charge in [0.05, 0.1) is 0 Å². The van der Waals surface area contributed by atoms with E-state index >= 15 is 0 Å². The van der Waals surface area contributed by atoms with Crippen molar-refractivity contribution >= 4 is 23.5 Å².